The fourth-order valence-electron chi connectivity index (χ4n) is 2.69. The summed E-state index contributed by atoms with van der Waals surface area (Å²) in [5, 5.41) is 0.938. The quantitative estimate of drug-likeness (QED) is 0.465. The molecule has 1 aliphatic rings. The third kappa shape index (κ3) is 3.03. The van der Waals surface area contributed by atoms with Crippen molar-refractivity contribution in [2.24, 2.45) is 0 Å². The molecule has 1 fully saturated rings. The van der Waals surface area contributed by atoms with Gasteiger partial charge in [0.1, 0.15) is 0 Å². The Hall–Kier alpha value is -2.61. The van der Waals surface area contributed by atoms with Gasteiger partial charge < -0.3 is 10.1 Å². The number of anilines is 1. The van der Waals surface area contributed by atoms with Crippen molar-refractivity contribution in [3.63, 3.8) is 0 Å². The lowest BCUT2D eigenvalue weighted by Gasteiger charge is -2.51. The Bertz CT molecular complexity index is 870. The minimum Gasteiger partial charge on any atom is -0.462 e. The summed E-state index contributed by atoms with van der Waals surface area (Å²) >= 11 is 0. The number of halogens is 11. The predicted octanol–water partition coefficient (Wildman–Crippen LogP) is 5.09. The number of hydrogen-bond donors (Lipinski definition) is 1. The molecule has 32 heavy (non-hydrogen) atoms. The molecule has 4 nitrogen and oxygen atoms in total. The van der Waals surface area contributed by atoms with E-state index in [1.54, 1.807) is 6.92 Å². The van der Waals surface area contributed by atoms with Crippen LogP contribution in [-0.4, -0.2) is 53.8 Å². The Labute approximate surface area is 171 Å². The van der Waals surface area contributed by atoms with E-state index in [4.69, 9.17) is 4.74 Å². The summed E-state index contributed by atoms with van der Waals surface area (Å²) in [6, 6.07) is 2.81. The molecule has 0 heterocycles. The second-order valence-corrected chi connectivity index (χ2v) is 6.70. The van der Waals surface area contributed by atoms with Gasteiger partial charge in [-0.25, -0.2) is 9.18 Å². The number of esters is 1. The van der Waals surface area contributed by atoms with E-state index in [-0.39, 0.29) is 12.2 Å². The van der Waals surface area contributed by atoms with E-state index < -0.39 is 52.8 Å². The third-order valence-electron chi connectivity index (χ3n) is 4.57. The van der Waals surface area contributed by atoms with Crippen LogP contribution in [0.15, 0.2) is 24.3 Å². The van der Waals surface area contributed by atoms with Gasteiger partial charge in [-0.2, -0.15) is 43.9 Å². The van der Waals surface area contributed by atoms with E-state index in [0.29, 0.717) is 18.6 Å². The van der Waals surface area contributed by atoms with Gasteiger partial charge in [0.05, 0.1) is 12.2 Å². The van der Waals surface area contributed by atoms with Crippen molar-refractivity contribution in [3.8, 4) is 0 Å². The van der Waals surface area contributed by atoms with Crippen molar-refractivity contribution in [1.82, 2.24) is 0 Å². The first-order valence-electron chi connectivity index (χ1n) is 8.51. The Morgan fingerprint density at radius 3 is 1.56 bits per heavy atom. The molecule has 0 bridgehead atoms. The molecule has 0 aromatic heterocycles. The van der Waals surface area contributed by atoms with Gasteiger partial charge in [-0.1, -0.05) is 6.92 Å². The Morgan fingerprint density at radius 1 is 0.750 bits per heavy atom. The van der Waals surface area contributed by atoms with Crippen LogP contribution in [0, 0.1) is 0 Å². The van der Waals surface area contributed by atoms with Crippen LogP contribution in [-0.2, 0) is 9.53 Å². The normalized spacial score (nSPS) is 23.8. The summed E-state index contributed by atoms with van der Waals surface area (Å²) in [5.74, 6) is -41.1. The molecule has 0 spiro atoms. The largest absolute Gasteiger partial charge is 0.462 e. The fourth-order valence-corrected chi connectivity index (χ4v) is 2.69. The number of rotatable bonds is 5. The number of ether oxygens (including phenoxy) is 1. The second-order valence-electron chi connectivity index (χ2n) is 6.70. The lowest BCUT2D eigenvalue weighted by Crippen LogP contribution is -2.86. The number of nitrogens with one attached hydrogen (secondary N) is 1. The molecule has 1 amide bonds. The van der Waals surface area contributed by atoms with Gasteiger partial charge in [-0.3, -0.25) is 4.79 Å². The molecule has 0 saturated heterocycles. The molecule has 15 heteroatoms. The SMILES string of the molecule is CCCOC(=O)c1ccc(NC(=O)C2(F)C(F)(F)C(F)(F)C(F)(F)C(F)(F)C2(F)F)cc1. The number of carbonyl (C=O) groups is 2. The zero-order chi connectivity index (χ0) is 25.0. The highest BCUT2D eigenvalue weighted by atomic mass is 19.4. The summed E-state index contributed by atoms with van der Waals surface area (Å²) in [7, 11) is 0. The molecule has 0 radical (unpaired) electrons. The number of carbonyl (C=O) groups excluding carboxylic acids is 2. The lowest BCUT2D eigenvalue weighted by molar-refractivity contribution is -0.475. The minimum atomic E-state index is -7.41. The van der Waals surface area contributed by atoms with E-state index in [2.05, 4.69) is 0 Å². The van der Waals surface area contributed by atoms with Crippen molar-refractivity contribution in [3.05, 3.63) is 29.8 Å². The first kappa shape index (κ1) is 25.6. The molecule has 1 aliphatic carbocycles. The maximum absolute atomic E-state index is 14.6. The molecule has 1 aromatic carbocycles. The number of hydrogen-bond acceptors (Lipinski definition) is 3. The molecular weight excluding hydrogens is 475 g/mol. The minimum absolute atomic E-state index is 0.0150. The molecule has 1 saturated carbocycles. The van der Waals surface area contributed by atoms with Crippen LogP contribution in [0.4, 0.5) is 54.0 Å². The standard InChI is InChI=1S/C17H12F11NO3/c1-2-7-32-10(30)8-3-5-9(6-4-8)29-11(31)12(18)13(19,20)15(23,24)17(27,28)16(25,26)14(12,21)22/h3-6H,2,7H2,1H3,(H,29,31). The fraction of sp³-hybridized carbons (Fsp3) is 0.529. The maximum Gasteiger partial charge on any atom is 0.384 e. The molecule has 2 rings (SSSR count). The monoisotopic (exact) mass is 487 g/mol. The first-order valence-corrected chi connectivity index (χ1v) is 8.51. The molecular formula is C17H12F11NO3. The van der Waals surface area contributed by atoms with E-state index in [0.717, 1.165) is 17.4 Å². The molecule has 1 aromatic rings. The van der Waals surface area contributed by atoms with Crippen LogP contribution >= 0.6 is 0 Å². The Morgan fingerprint density at radius 2 is 1.16 bits per heavy atom. The van der Waals surface area contributed by atoms with E-state index >= 15 is 0 Å². The van der Waals surface area contributed by atoms with Gasteiger partial charge in [-0.15, -0.1) is 0 Å². The van der Waals surface area contributed by atoms with Crippen molar-refractivity contribution >= 4 is 17.6 Å². The topological polar surface area (TPSA) is 55.4 Å². The van der Waals surface area contributed by atoms with Gasteiger partial charge in [-0.05, 0) is 30.7 Å². The number of benzene rings is 1. The van der Waals surface area contributed by atoms with Gasteiger partial charge >= 0.3 is 41.3 Å². The van der Waals surface area contributed by atoms with Gasteiger partial charge in [0.2, 0.25) is 0 Å². The molecule has 0 unspecified atom stereocenters. The van der Waals surface area contributed by atoms with Crippen LogP contribution in [0.1, 0.15) is 23.7 Å². The number of amides is 1. The van der Waals surface area contributed by atoms with E-state index in [9.17, 15) is 57.9 Å². The highest BCUT2D eigenvalue weighted by Gasteiger charge is 3.02. The molecule has 0 atom stereocenters. The van der Waals surface area contributed by atoms with E-state index in [1.807, 2.05) is 0 Å². The van der Waals surface area contributed by atoms with Gasteiger partial charge in [0.25, 0.3) is 5.91 Å². The summed E-state index contributed by atoms with van der Waals surface area (Å²) in [6.45, 7) is 1.64. The maximum atomic E-state index is 14.6. The molecule has 180 valence electrons. The average Bonchev–Trinajstić information content (AvgIpc) is 2.70. The number of alkyl halides is 11. The van der Waals surface area contributed by atoms with Gasteiger partial charge in [0, 0.05) is 5.69 Å². The zero-order valence-electron chi connectivity index (χ0n) is 15.6. The summed E-state index contributed by atoms with van der Waals surface area (Å²) in [4.78, 5) is 23.4. The van der Waals surface area contributed by atoms with Crippen molar-refractivity contribution in [2.45, 2.75) is 48.6 Å². The highest BCUT2D eigenvalue weighted by molar-refractivity contribution is 6.00. The van der Waals surface area contributed by atoms with Crippen molar-refractivity contribution in [1.29, 1.82) is 0 Å². The summed E-state index contributed by atoms with van der Waals surface area (Å²) in [6.07, 6.45) is 0.426. The first-order chi connectivity index (χ1) is 14.3. The van der Waals surface area contributed by atoms with Crippen molar-refractivity contribution in [2.75, 3.05) is 11.9 Å². The molecule has 1 N–H and O–H groups in total. The van der Waals surface area contributed by atoms with E-state index in [1.165, 1.54) is 0 Å². The average molecular weight is 487 g/mol. The van der Waals surface area contributed by atoms with Crippen LogP contribution in [0.25, 0.3) is 0 Å². The molecule has 0 aliphatic heterocycles. The Balaban J connectivity index is 2.46. The van der Waals surface area contributed by atoms with Crippen LogP contribution in [0.3, 0.4) is 0 Å². The Kier molecular flexibility index (Phi) is 5.99. The summed E-state index contributed by atoms with van der Waals surface area (Å²) < 4.78 is 155. The van der Waals surface area contributed by atoms with Crippen LogP contribution in [0.2, 0.25) is 0 Å². The summed E-state index contributed by atoms with van der Waals surface area (Å²) in [5.41, 5.74) is -7.93. The predicted molar refractivity (Wildman–Crippen MR) is 84.2 cm³/mol. The highest BCUT2D eigenvalue weighted by Crippen LogP contribution is 2.69. The van der Waals surface area contributed by atoms with Gasteiger partial charge in [0.15, 0.2) is 0 Å². The van der Waals surface area contributed by atoms with Crippen LogP contribution in [0.5, 0.6) is 0 Å². The lowest BCUT2D eigenvalue weighted by atomic mass is 9.71. The zero-order valence-corrected chi connectivity index (χ0v) is 15.6. The third-order valence-corrected chi connectivity index (χ3v) is 4.57. The van der Waals surface area contributed by atoms with Crippen LogP contribution < -0.4 is 5.32 Å². The smallest absolute Gasteiger partial charge is 0.384 e. The second kappa shape index (κ2) is 7.47. The van der Waals surface area contributed by atoms with Crippen molar-refractivity contribution < 1.29 is 62.6 Å².